The first kappa shape index (κ1) is 54.2. The summed E-state index contributed by atoms with van der Waals surface area (Å²) in [5.41, 5.74) is 1.53. The molecule has 2 bridgehead atoms. The lowest BCUT2D eigenvalue weighted by Gasteiger charge is -2.47. The Hall–Kier alpha value is -3.73. The lowest BCUT2D eigenvalue weighted by Crippen LogP contribution is -2.64. The van der Waals surface area contributed by atoms with E-state index in [0.717, 1.165) is 18.1 Å². The van der Waals surface area contributed by atoms with Crippen LogP contribution in [0, 0.1) is 41.2 Å². The number of hydrogen-bond donors (Lipinski definition) is 1. The smallest absolute Gasteiger partial charge is 0.329 e. The fourth-order valence-electron chi connectivity index (χ4n) is 10.5. The third kappa shape index (κ3) is 13.5. The van der Waals surface area contributed by atoms with Crippen molar-refractivity contribution in [3.8, 4) is 0 Å². The average Bonchev–Trinajstić information content (AvgIpc) is 3.31. The summed E-state index contributed by atoms with van der Waals surface area (Å²) in [4.78, 5) is 58.2. The van der Waals surface area contributed by atoms with Crippen LogP contribution in [0.25, 0.3) is 6.08 Å². The molecule has 2 saturated heterocycles. The molecule has 3 fully saturated rings. The van der Waals surface area contributed by atoms with Gasteiger partial charge in [0.2, 0.25) is 5.79 Å². The molecular weight excluding hydrogens is 872 g/mol. The molecule has 374 valence electrons. The molecule has 0 aromatic heterocycles. The van der Waals surface area contributed by atoms with Crippen molar-refractivity contribution in [2.24, 2.45) is 29.6 Å². The van der Waals surface area contributed by atoms with Crippen LogP contribution in [0.15, 0.2) is 47.6 Å². The topological polar surface area (TPSA) is 147 Å². The summed E-state index contributed by atoms with van der Waals surface area (Å²) in [7, 11) is 4.51. The van der Waals surface area contributed by atoms with Crippen LogP contribution in [0.4, 0.5) is 13.2 Å². The van der Waals surface area contributed by atoms with Gasteiger partial charge >= 0.3 is 5.97 Å². The Morgan fingerprint density at radius 3 is 2.21 bits per heavy atom. The number of cyclic esters (lactones) is 1. The highest BCUT2D eigenvalue weighted by Gasteiger charge is 2.56. The maximum atomic E-state index is 16.3. The predicted octanol–water partition coefficient (Wildman–Crippen LogP) is 8.47. The Kier molecular flexibility index (Phi) is 20.0. The number of Topliss-reactive ketones (excluding diaryl/α,β-unsaturated/α-hetero) is 2. The highest BCUT2D eigenvalue weighted by atomic mass is 19.1. The Morgan fingerprint density at radius 1 is 0.881 bits per heavy atom. The number of benzene rings is 1. The second kappa shape index (κ2) is 24.7. The summed E-state index contributed by atoms with van der Waals surface area (Å²) in [6.07, 6.45) is 6.20. The van der Waals surface area contributed by atoms with Gasteiger partial charge in [0.15, 0.2) is 0 Å². The second-order valence-corrected chi connectivity index (χ2v) is 19.4. The number of aliphatic hydroxyl groups is 1. The highest BCUT2D eigenvalue weighted by molar-refractivity contribution is 6.39. The van der Waals surface area contributed by atoms with E-state index in [2.05, 4.69) is 6.08 Å². The van der Waals surface area contributed by atoms with Crippen molar-refractivity contribution in [3.05, 3.63) is 64.8 Å². The quantitative estimate of drug-likeness (QED) is 0.137. The summed E-state index contributed by atoms with van der Waals surface area (Å²) < 4.78 is 79.9. The highest BCUT2D eigenvalue weighted by Crippen LogP contribution is 2.40. The number of nitrogens with zero attached hydrogens (tertiary/aromatic N) is 1. The molecule has 3 heterocycles. The number of ketones is 2. The molecule has 1 aromatic carbocycles. The van der Waals surface area contributed by atoms with E-state index in [9.17, 15) is 33.1 Å². The van der Waals surface area contributed by atoms with E-state index in [1.165, 1.54) is 31.3 Å². The van der Waals surface area contributed by atoms with Crippen LogP contribution >= 0.6 is 0 Å². The van der Waals surface area contributed by atoms with E-state index in [1.54, 1.807) is 46.1 Å². The van der Waals surface area contributed by atoms with Crippen molar-refractivity contribution in [2.75, 3.05) is 34.5 Å². The zero-order valence-corrected chi connectivity index (χ0v) is 40.9. The molecule has 1 amide bonds. The monoisotopic (exact) mass is 946 g/mol. The Bertz CT molecular complexity index is 1940. The minimum absolute atomic E-state index is 0.00440. The fourth-order valence-corrected chi connectivity index (χ4v) is 10.5. The van der Waals surface area contributed by atoms with E-state index in [0.29, 0.717) is 49.7 Å². The summed E-state index contributed by atoms with van der Waals surface area (Å²) in [5.74, 6) is -9.41. The summed E-state index contributed by atoms with van der Waals surface area (Å²) in [5, 5.41) is 12.1. The third-order valence-corrected chi connectivity index (χ3v) is 14.5. The van der Waals surface area contributed by atoms with Gasteiger partial charge in [-0.25, -0.2) is 18.0 Å². The first-order valence-electron chi connectivity index (χ1n) is 24.2. The average molecular weight is 946 g/mol. The number of amides is 1. The fraction of sp³-hybridized carbons (Fsp3) is 0.692. The van der Waals surface area contributed by atoms with E-state index < -0.39 is 89.5 Å². The van der Waals surface area contributed by atoms with Gasteiger partial charge in [0.1, 0.15) is 41.8 Å². The first-order valence-corrected chi connectivity index (χ1v) is 24.2. The molecule has 1 aliphatic carbocycles. The number of esters is 1. The van der Waals surface area contributed by atoms with Gasteiger partial charge in [0.05, 0.1) is 31.0 Å². The maximum absolute atomic E-state index is 16.3. The number of carbonyl (C=O) groups is 4. The molecule has 12 nitrogen and oxygen atoms in total. The van der Waals surface area contributed by atoms with Gasteiger partial charge in [-0.2, -0.15) is 0 Å². The predicted molar refractivity (Wildman–Crippen MR) is 246 cm³/mol. The lowest BCUT2D eigenvalue weighted by molar-refractivity contribution is -0.302. The number of methoxy groups -OCH3 is 3. The molecule has 67 heavy (non-hydrogen) atoms. The third-order valence-electron chi connectivity index (χ3n) is 14.5. The minimum atomic E-state index is -2.60. The molecule has 1 N–H and O–H groups in total. The molecule has 15 heteroatoms. The number of ether oxygens (including phenoxy) is 6. The van der Waals surface area contributed by atoms with Crippen molar-refractivity contribution in [2.45, 2.75) is 167 Å². The largest absolute Gasteiger partial charge is 0.456 e. The first-order chi connectivity index (χ1) is 31.8. The van der Waals surface area contributed by atoms with E-state index >= 15 is 4.39 Å². The van der Waals surface area contributed by atoms with Crippen LogP contribution in [-0.4, -0.2) is 123 Å². The number of alkyl halides is 1. The van der Waals surface area contributed by atoms with Crippen molar-refractivity contribution in [1.82, 2.24) is 4.90 Å². The van der Waals surface area contributed by atoms with E-state index in [4.69, 9.17) is 28.4 Å². The zero-order chi connectivity index (χ0) is 49.2. The van der Waals surface area contributed by atoms with Crippen LogP contribution in [0.1, 0.15) is 118 Å². The maximum Gasteiger partial charge on any atom is 0.329 e. The molecular formula is C52H74F3NO11. The molecule has 0 spiro atoms. The van der Waals surface area contributed by atoms with Crippen molar-refractivity contribution < 1.29 is 65.9 Å². The standard InChI is InChI=1S/C52H74F3NO11/c1-10-37-23-31(3)46(55)32(4)24-44(63-8)48-45(64-9)25-34(6)52(61,67-48)49(58)50(59)56-20-12-11-15-40(56)51(60)66-47(30(2)16-18-41(37)57)33(5)22-36-17-19-42(43(28-36)62-7)65-21-13-14-35-26-38(53)29-39(54)27-35/h13-14,22-23,26-27,29-30,32,34,36-37,40,42-48,61H,10-12,15-21,24-25,28H2,1-9H3/b14-13?,31-23+,33-22?. The Morgan fingerprint density at radius 2 is 1.55 bits per heavy atom. The molecule has 14 unspecified atom stereocenters. The summed E-state index contributed by atoms with van der Waals surface area (Å²) in [6, 6.07) is 2.16. The summed E-state index contributed by atoms with van der Waals surface area (Å²) in [6.45, 7) is 10.9. The van der Waals surface area contributed by atoms with Crippen LogP contribution in [0.3, 0.4) is 0 Å². The van der Waals surface area contributed by atoms with Crippen LogP contribution in [-0.2, 0) is 47.6 Å². The van der Waals surface area contributed by atoms with Crippen molar-refractivity contribution in [3.63, 3.8) is 0 Å². The second-order valence-electron chi connectivity index (χ2n) is 19.4. The van der Waals surface area contributed by atoms with Crippen molar-refractivity contribution in [1.29, 1.82) is 0 Å². The molecule has 3 aliphatic heterocycles. The SMILES string of the molecule is CCC1/C=C(\C)C(F)C(C)CC(OC)C2OC(O)(C(=O)C(=O)N3CCCCC3C(=O)OC(C(C)=CC3CCC(OCC=Cc4cc(F)cc(F)c4)C(OC)C3)C(C)CCC1=O)C(C)CC2OC. The Balaban J connectivity index is 1.43. The summed E-state index contributed by atoms with van der Waals surface area (Å²) >= 11 is 0. The number of piperidine rings is 1. The van der Waals surface area contributed by atoms with Crippen LogP contribution in [0.2, 0.25) is 0 Å². The molecule has 4 aliphatic rings. The molecule has 1 aromatic rings. The van der Waals surface area contributed by atoms with Gasteiger partial charge in [0.25, 0.3) is 11.7 Å². The van der Waals surface area contributed by atoms with E-state index in [1.807, 2.05) is 20.8 Å². The lowest BCUT2D eigenvalue weighted by atomic mass is 9.81. The normalized spacial score (nSPS) is 36.8. The number of allylic oxidation sites excluding steroid dienone is 3. The van der Waals surface area contributed by atoms with Gasteiger partial charge in [0, 0.05) is 52.2 Å². The van der Waals surface area contributed by atoms with Gasteiger partial charge in [-0.05, 0) is 125 Å². The number of rotatable bonds is 10. The van der Waals surface area contributed by atoms with Crippen LogP contribution in [0.5, 0.6) is 0 Å². The van der Waals surface area contributed by atoms with E-state index in [-0.39, 0.29) is 68.7 Å². The van der Waals surface area contributed by atoms with Gasteiger partial charge in [-0.15, -0.1) is 0 Å². The number of halogens is 3. The minimum Gasteiger partial charge on any atom is -0.456 e. The number of carbonyl (C=O) groups excluding carboxylic acids is 4. The molecule has 14 atom stereocenters. The Labute approximate surface area is 395 Å². The molecule has 5 rings (SSSR count). The van der Waals surface area contributed by atoms with Gasteiger partial charge in [-0.3, -0.25) is 14.4 Å². The van der Waals surface area contributed by atoms with Gasteiger partial charge < -0.3 is 38.4 Å². The molecule has 0 radical (unpaired) electrons. The number of hydrogen-bond acceptors (Lipinski definition) is 11. The van der Waals surface area contributed by atoms with Crippen LogP contribution < -0.4 is 0 Å². The number of fused-ring (bicyclic) bond motifs is 3. The van der Waals surface area contributed by atoms with Gasteiger partial charge in [-0.1, -0.05) is 52.0 Å². The van der Waals surface area contributed by atoms with Crippen molar-refractivity contribution >= 4 is 29.5 Å². The zero-order valence-electron chi connectivity index (χ0n) is 40.9. The molecule has 1 saturated carbocycles.